The number of nitrogens with zero attached hydrogens (tertiary/aromatic N) is 1. The molecule has 0 aliphatic heterocycles. The van der Waals surface area contributed by atoms with Gasteiger partial charge in [0.05, 0.1) is 18.6 Å². The highest BCUT2D eigenvalue weighted by Crippen LogP contribution is 2.08. The van der Waals surface area contributed by atoms with Crippen molar-refractivity contribution in [3.8, 4) is 18.4 Å². The van der Waals surface area contributed by atoms with Crippen LogP contribution in [0.4, 0.5) is 0 Å². The normalized spacial score (nSPS) is 10.8. The molecule has 0 aliphatic rings. The molecule has 18 heavy (non-hydrogen) atoms. The van der Waals surface area contributed by atoms with Crippen LogP contribution in [0.3, 0.4) is 0 Å². The summed E-state index contributed by atoms with van der Waals surface area (Å²) in [5, 5.41) is 8.28. The summed E-state index contributed by atoms with van der Waals surface area (Å²) in [4.78, 5) is 22.6. The summed E-state index contributed by atoms with van der Waals surface area (Å²) in [5.41, 5.74) is 0. The molecule has 1 unspecified atom stereocenters. The van der Waals surface area contributed by atoms with Crippen LogP contribution < -0.4 is 0 Å². The number of rotatable bonds is 8. The molecule has 0 spiro atoms. The van der Waals surface area contributed by atoms with Gasteiger partial charge in [0.1, 0.15) is 0 Å². The van der Waals surface area contributed by atoms with Crippen molar-refractivity contribution in [1.82, 2.24) is 0 Å². The molecule has 0 fully saturated rings. The van der Waals surface area contributed by atoms with E-state index in [4.69, 9.17) is 21.2 Å². The Kier molecular flexibility index (Phi) is 9.03. The van der Waals surface area contributed by atoms with E-state index in [1.807, 2.05) is 6.07 Å². The summed E-state index contributed by atoms with van der Waals surface area (Å²) in [5.74, 6) is 1.03. The first-order valence-corrected chi connectivity index (χ1v) is 5.74. The third kappa shape index (κ3) is 8.18. The Morgan fingerprint density at radius 3 is 2.72 bits per heavy atom. The second-order valence-corrected chi connectivity index (χ2v) is 3.73. The maximum Gasteiger partial charge on any atom is 0.309 e. The van der Waals surface area contributed by atoms with E-state index in [2.05, 4.69) is 5.92 Å². The van der Waals surface area contributed by atoms with Crippen LogP contribution in [-0.4, -0.2) is 25.2 Å². The average molecular weight is 251 g/mol. The SMILES string of the molecule is C#CCOC(=O)C(C)CCC(=O)OCCCC#N. The molecule has 0 N–H and O–H groups in total. The fourth-order valence-corrected chi connectivity index (χ4v) is 1.12. The molecule has 0 aromatic carbocycles. The maximum absolute atomic E-state index is 11.3. The van der Waals surface area contributed by atoms with Gasteiger partial charge in [0.15, 0.2) is 6.61 Å². The Morgan fingerprint density at radius 1 is 1.39 bits per heavy atom. The zero-order valence-electron chi connectivity index (χ0n) is 10.5. The van der Waals surface area contributed by atoms with E-state index in [1.165, 1.54) is 0 Å². The molecular weight excluding hydrogens is 234 g/mol. The number of terminal acetylenes is 1. The van der Waals surface area contributed by atoms with Crippen LogP contribution in [-0.2, 0) is 19.1 Å². The third-order valence-electron chi connectivity index (χ3n) is 2.18. The molecule has 5 nitrogen and oxygen atoms in total. The minimum atomic E-state index is -0.412. The van der Waals surface area contributed by atoms with Gasteiger partial charge in [-0.05, 0) is 12.8 Å². The lowest BCUT2D eigenvalue weighted by atomic mass is 10.1. The fourth-order valence-electron chi connectivity index (χ4n) is 1.12. The van der Waals surface area contributed by atoms with E-state index in [1.54, 1.807) is 6.92 Å². The van der Waals surface area contributed by atoms with Crippen LogP contribution in [0.15, 0.2) is 0 Å². The Morgan fingerprint density at radius 2 is 2.11 bits per heavy atom. The van der Waals surface area contributed by atoms with Gasteiger partial charge in [0, 0.05) is 12.8 Å². The van der Waals surface area contributed by atoms with Gasteiger partial charge in [-0.1, -0.05) is 12.8 Å². The number of hydrogen-bond donors (Lipinski definition) is 0. The number of carbonyl (C=O) groups is 2. The molecule has 0 heterocycles. The first kappa shape index (κ1) is 16.0. The van der Waals surface area contributed by atoms with Crippen molar-refractivity contribution in [2.75, 3.05) is 13.2 Å². The van der Waals surface area contributed by atoms with E-state index >= 15 is 0 Å². The van der Waals surface area contributed by atoms with Gasteiger partial charge in [0.25, 0.3) is 0 Å². The van der Waals surface area contributed by atoms with Crippen LogP contribution in [0.1, 0.15) is 32.6 Å². The molecule has 0 radical (unpaired) electrons. The molecule has 0 bridgehead atoms. The highest BCUT2D eigenvalue weighted by Gasteiger charge is 2.16. The number of ether oxygens (including phenoxy) is 2. The molecule has 0 aliphatic carbocycles. The standard InChI is InChI=1S/C13H17NO4/c1-3-9-18-13(16)11(2)6-7-12(15)17-10-5-4-8-14/h1,11H,4-7,9-10H2,2H3. The molecule has 0 aromatic heterocycles. The molecule has 0 aromatic rings. The molecule has 5 heteroatoms. The first-order valence-electron chi connectivity index (χ1n) is 5.74. The lowest BCUT2D eigenvalue weighted by molar-refractivity contribution is -0.148. The van der Waals surface area contributed by atoms with Gasteiger partial charge in [-0.3, -0.25) is 9.59 Å². The number of esters is 2. The van der Waals surface area contributed by atoms with E-state index in [0.29, 0.717) is 19.3 Å². The van der Waals surface area contributed by atoms with Gasteiger partial charge < -0.3 is 9.47 Å². The quantitative estimate of drug-likeness (QED) is 0.370. The first-order chi connectivity index (χ1) is 8.61. The van der Waals surface area contributed by atoms with Crippen molar-refractivity contribution in [3.05, 3.63) is 0 Å². The zero-order chi connectivity index (χ0) is 13.8. The number of unbranched alkanes of at least 4 members (excludes halogenated alkanes) is 1. The highest BCUT2D eigenvalue weighted by atomic mass is 16.5. The number of hydrogen-bond acceptors (Lipinski definition) is 5. The smallest absolute Gasteiger partial charge is 0.309 e. The molecular formula is C13H17NO4. The van der Waals surface area contributed by atoms with Crippen molar-refractivity contribution in [2.24, 2.45) is 5.92 Å². The second-order valence-electron chi connectivity index (χ2n) is 3.73. The van der Waals surface area contributed by atoms with Crippen LogP contribution in [0.5, 0.6) is 0 Å². The van der Waals surface area contributed by atoms with Crippen LogP contribution >= 0.6 is 0 Å². The van der Waals surface area contributed by atoms with Crippen molar-refractivity contribution in [2.45, 2.75) is 32.6 Å². The maximum atomic E-state index is 11.3. The summed E-state index contributed by atoms with van der Waals surface area (Å²) in [6.45, 7) is 1.85. The molecule has 0 rings (SSSR count). The van der Waals surface area contributed by atoms with Crippen LogP contribution in [0.25, 0.3) is 0 Å². The Labute approximate surface area is 107 Å². The van der Waals surface area contributed by atoms with Crippen LogP contribution in [0, 0.1) is 29.6 Å². The summed E-state index contributed by atoms with van der Waals surface area (Å²) in [7, 11) is 0. The van der Waals surface area contributed by atoms with Crippen molar-refractivity contribution in [1.29, 1.82) is 5.26 Å². The molecule has 0 amide bonds. The van der Waals surface area contributed by atoms with Crippen molar-refractivity contribution < 1.29 is 19.1 Å². The van der Waals surface area contributed by atoms with E-state index in [9.17, 15) is 9.59 Å². The molecule has 98 valence electrons. The molecule has 1 atom stereocenters. The van der Waals surface area contributed by atoms with Gasteiger partial charge in [-0.15, -0.1) is 6.42 Å². The second kappa shape index (κ2) is 10.2. The minimum Gasteiger partial charge on any atom is -0.466 e. The van der Waals surface area contributed by atoms with E-state index in [-0.39, 0.29) is 31.5 Å². The van der Waals surface area contributed by atoms with Gasteiger partial charge in [-0.2, -0.15) is 5.26 Å². The van der Waals surface area contributed by atoms with Crippen molar-refractivity contribution >= 4 is 11.9 Å². The van der Waals surface area contributed by atoms with Gasteiger partial charge in [-0.25, -0.2) is 0 Å². The largest absolute Gasteiger partial charge is 0.466 e. The summed E-state index contributed by atoms with van der Waals surface area (Å²) in [6.07, 6.45) is 6.36. The lowest BCUT2D eigenvalue weighted by Gasteiger charge is -2.09. The predicted molar refractivity (Wildman–Crippen MR) is 64.0 cm³/mol. The summed E-state index contributed by atoms with van der Waals surface area (Å²) >= 11 is 0. The monoisotopic (exact) mass is 251 g/mol. The topological polar surface area (TPSA) is 76.4 Å². The average Bonchev–Trinajstić information content (AvgIpc) is 2.38. The number of nitriles is 1. The summed E-state index contributed by atoms with van der Waals surface area (Å²) in [6, 6.07) is 1.96. The lowest BCUT2D eigenvalue weighted by Crippen LogP contribution is -2.17. The van der Waals surface area contributed by atoms with E-state index in [0.717, 1.165) is 0 Å². The van der Waals surface area contributed by atoms with Crippen LogP contribution in [0.2, 0.25) is 0 Å². The van der Waals surface area contributed by atoms with Gasteiger partial charge >= 0.3 is 11.9 Å². The molecule has 0 saturated carbocycles. The fraction of sp³-hybridized carbons (Fsp3) is 0.615. The predicted octanol–water partition coefficient (Wildman–Crippen LogP) is 1.43. The minimum absolute atomic E-state index is 0.0538. The van der Waals surface area contributed by atoms with Gasteiger partial charge in [0.2, 0.25) is 0 Å². The Hall–Kier alpha value is -2.01. The highest BCUT2D eigenvalue weighted by molar-refractivity contribution is 5.74. The Balaban J connectivity index is 3.68. The summed E-state index contributed by atoms with van der Waals surface area (Å²) < 4.78 is 9.62. The van der Waals surface area contributed by atoms with Crippen molar-refractivity contribution in [3.63, 3.8) is 0 Å². The Bertz CT molecular complexity index is 351. The van der Waals surface area contributed by atoms with E-state index < -0.39 is 5.97 Å². The molecule has 0 saturated heterocycles. The third-order valence-corrected chi connectivity index (χ3v) is 2.18. The number of carbonyl (C=O) groups excluding carboxylic acids is 2. The zero-order valence-corrected chi connectivity index (χ0v) is 10.5.